The Morgan fingerprint density at radius 2 is 2.21 bits per heavy atom. The number of carbonyl (C=O) groups is 1. The average molecular weight is 299 g/mol. The van der Waals surface area contributed by atoms with Crippen molar-refractivity contribution in [3.63, 3.8) is 0 Å². The number of nitrogens with one attached hydrogen (secondary N) is 2. The number of hydrogen-bond acceptors (Lipinski definition) is 5. The number of aromatic nitrogens is 2. The Morgan fingerprint density at radius 3 is 2.95 bits per heavy atom. The van der Waals surface area contributed by atoms with Crippen LogP contribution >= 0.6 is 23.3 Å². The van der Waals surface area contributed by atoms with Crippen molar-refractivity contribution in [2.45, 2.75) is 26.3 Å². The van der Waals surface area contributed by atoms with Gasteiger partial charge in [0.1, 0.15) is 11.0 Å². The van der Waals surface area contributed by atoms with E-state index in [0.29, 0.717) is 35.2 Å². The third-order valence-corrected chi connectivity index (χ3v) is 3.40. The molecule has 0 unspecified atom stereocenters. The van der Waals surface area contributed by atoms with Gasteiger partial charge in [0.15, 0.2) is 0 Å². The number of amides is 1. The molecule has 0 saturated heterocycles. The standard InChI is InChI=1S/C12H15ClN4OS/c1-7(2)14-6-5-10(18)15-11-8(13)3-4-9-12(11)17-19-16-9/h3-4,7,14H,5-6H2,1-2H3,(H,15,18). The highest BCUT2D eigenvalue weighted by Gasteiger charge is 2.12. The Kier molecular flexibility index (Phi) is 4.68. The highest BCUT2D eigenvalue weighted by molar-refractivity contribution is 7.00. The van der Waals surface area contributed by atoms with Crippen LogP contribution in [-0.2, 0) is 4.79 Å². The summed E-state index contributed by atoms with van der Waals surface area (Å²) in [6.45, 7) is 4.71. The van der Waals surface area contributed by atoms with Crippen molar-refractivity contribution in [3.05, 3.63) is 17.2 Å². The second-order valence-electron chi connectivity index (χ2n) is 4.46. The lowest BCUT2D eigenvalue weighted by Crippen LogP contribution is -2.27. The number of benzene rings is 1. The van der Waals surface area contributed by atoms with Crippen LogP contribution in [0.5, 0.6) is 0 Å². The molecule has 1 amide bonds. The SMILES string of the molecule is CC(C)NCCC(=O)Nc1c(Cl)ccc2nsnc12. The maximum Gasteiger partial charge on any atom is 0.225 e. The monoisotopic (exact) mass is 298 g/mol. The van der Waals surface area contributed by atoms with Gasteiger partial charge in [0.25, 0.3) is 0 Å². The normalized spacial score (nSPS) is 11.2. The number of anilines is 1. The first-order valence-corrected chi connectivity index (χ1v) is 7.12. The van der Waals surface area contributed by atoms with Crippen molar-refractivity contribution < 1.29 is 4.79 Å². The highest BCUT2D eigenvalue weighted by atomic mass is 35.5. The Balaban J connectivity index is 2.06. The second-order valence-corrected chi connectivity index (χ2v) is 5.40. The fourth-order valence-electron chi connectivity index (χ4n) is 1.62. The second kappa shape index (κ2) is 6.27. The quantitative estimate of drug-likeness (QED) is 0.890. The number of rotatable bonds is 5. The molecule has 1 heterocycles. The van der Waals surface area contributed by atoms with Gasteiger partial charge < -0.3 is 10.6 Å². The van der Waals surface area contributed by atoms with Crippen LogP contribution in [0.4, 0.5) is 5.69 Å². The Morgan fingerprint density at radius 1 is 1.42 bits per heavy atom. The van der Waals surface area contributed by atoms with Crippen LogP contribution in [0.25, 0.3) is 11.0 Å². The van der Waals surface area contributed by atoms with Crippen molar-refractivity contribution in [2.24, 2.45) is 0 Å². The summed E-state index contributed by atoms with van der Waals surface area (Å²) < 4.78 is 8.28. The van der Waals surface area contributed by atoms with Gasteiger partial charge in [-0.2, -0.15) is 8.75 Å². The van der Waals surface area contributed by atoms with Crippen molar-refractivity contribution >= 4 is 46.0 Å². The van der Waals surface area contributed by atoms with Crippen LogP contribution < -0.4 is 10.6 Å². The van der Waals surface area contributed by atoms with Crippen LogP contribution in [0.3, 0.4) is 0 Å². The summed E-state index contributed by atoms with van der Waals surface area (Å²) in [7, 11) is 0. The fourth-order valence-corrected chi connectivity index (χ4v) is 2.36. The van der Waals surface area contributed by atoms with E-state index in [2.05, 4.69) is 19.4 Å². The lowest BCUT2D eigenvalue weighted by molar-refractivity contribution is -0.116. The maximum atomic E-state index is 11.9. The minimum Gasteiger partial charge on any atom is -0.323 e. The molecule has 5 nitrogen and oxygen atoms in total. The van der Waals surface area contributed by atoms with Gasteiger partial charge >= 0.3 is 0 Å². The van der Waals surface area contributed by atoms with Crippen LogP contribution in [0.15, 0.2) is 12.1 Å². The molecule has 0 radical (unpaired) electrons. The van der Waals surface area contributed by atoms with E-state index < -0.39 is 0 Å². The average Bonchev–Trinajstić information content (AvgIpc) is 2.81. The molecule has 1 aromatic carbocycles. The molecule has 0 bridgehead atoms. The first kappa shape index (κ1) is 14.2. The van der Waals surface area contributed by atoms with E-state index in [-0.39, 0.29) is 5.91 Å². The van der Waals surface area contributed by atoms with Gasteiger partial charge in [-0.25, -0.2) is 0 Å². The molecule has 0 aliphatic rings. The predicted octanol–water partition coefficient (Wildman–Crippen LogP) is 2.67. The minimum absolute atomic E-state index is 0.0875. The largest absolute Gasteiger partial charge is 0.323 e. The van der Waals surface area contributed by atoms with Crippen molar-refractivity contribution in [1.82, 2.24) is 14.1 Å². The fraction of sp³-hybridized carbons (Fsp3) is 0.417. The van der Waals surface area contributed by atoms with E-state index in [9.17, 15) is 4.79 Å². The first-order valence-electron chi connectivity index (χ1n) is 6.02. The molecule has 19 heavy (non-hydrogen) atoms. The third kappa shape index (κ3) is 3.62. The zero-order valence-corrected chi connectivity index (χ0v) is 12.3. The van der Waals surface area contributed by atoms with E-state index in [4.69, 9.17) is 11.6 Å². The molecule has 7 heteroatoms. The van der Waals surface area contributed by atoms with Crippen molar-refractivity contribution in [3.8, 4) is 0 Å². The van der Waals surface area contributed by atoms with Crippen molar-refractivity contribution in [2.75, 3.05) is 11.9 Å². The summed E-state index contributed by atoms with van der Waals surface area (Å²) in [5.41, 5.74) is 1.93. The molecular formula is C12H15ClN4OS. The summed E-state index contributed by atoms with van der Waals surface area (Å²) in [5.74, 6) is -0.0875. The van der Waals surface area contributed by atoms with Crippen LogP contribution in [0.2, 0.25) is 5.02 Å². The zero-order valence-electron chi connectivity index (χ0n) is 10.7. The molecule has 0 atom stereocenters. The molecule has 0 saturated carbocycles. The number of nitrogens with zero attached hydrogens (tertiary/aromatic N) is 2. The summed E-state index contributed by atoms with van der Waals surface area (Å²) in [5, 5.41) is 6.47. The number of halogens is 1. The van der Waals surface area contributed by atoms with E-state index in [0.717, 1.165) is 17.2 Å². The molecular weight excluding hydrogens is 284 g/mol. The molecule has 2 aromatic rings. The molecule has 0 aliphatic heterocycles. The third-order valence-electron chi connectivity index (χ3n) is 2.55. The van der Waals surface area contributed by atoms with E-state index >= 15 is 0 Å². The van der Waals surface area contributed by atoms with Crippen LogP contribution in [-0.4, -0.2) is 27.2 Å². The van der Waals surface area contributed by atoms with Gasteiger partial charge in [-0.15, -0.1) is 0 Å². The van der Waals surface area contributed by atoms with E-state index in [1.807, 2.05) is 13.8 Å². The number of hydrogen-bond donors (Lipinski definition) is 2. The molecule has 1 aromatic heterocycles. The van der Waals surface area contributed by atoms with Gasteiger partial charge in [0.2, 0.25) is 5.91 Å². The Bertz CT molecular complexity index is 584. The molecule has 2 rings (SSSR count). The van der Waals surface area contributed by atoms with Crippen molar-refractivity contribution in [1.29, 1.82) is 0 Å². The molecule has 0 aliphatic carbocycles. The summed E-state index contributed by atoms with van der Waals surface area (Å²) in [4.78, 5) is 11.9. The minimum atomic E-state index is -0.0875. The molecule has 0 fully saturated rings. The smallest absolute Gasteiger partial charge is 0.225 e. The van der Waals surface area contributed by atoms with Crippen LogP contribution in [0.1, 0.15) is 20.3 Å². The van der Waals surface area contributed by atoms with Gasteiger partial charge in [-0.1, -0.05) is 25.4 Å². The predicted molar refractivity (Wildman–Crippen MR) is 78.8 cm³/mol. The summed E-state index contributed by atoms with van der Waals surface area (Å²) in [6, 6.07) is 3.87. The van der Waals surface area contributed by atoms with Gasteiger partial charge in [-0.3, -0.25) is 4.79 Å². The first-order chi connectivity index (χ1) is 9.08. The van der Waals surface area contributed by atoms with Gasteiger partial charge in [0.05, 0.1) is 22.4 Å². The number of fused-ring (bicyclic) bond motifs is 1. The molecule has 102 valence electrons. The lowest BCUT2D eigenvalue weighted by atomic mass is 10.2. The maximum absolute atomic E-state index is 11.9. The zero-order chi connectivity index (χ0) is 13.8. The highest BCUT2D eigenvalue weighted by Crippen LogP contribution is 2.29. The van der Waals surface area contributed by atoms with Gasteiger partial charge in [-0.05, 0) is 12.1 Å². The van der Waals surface area contributed by atoms with Gasteiger partial charge in [0, 0.05) is 19.0 Å². The summed E-state index contributed by atoms with van der Waals surface area (Å²) >= 11 is 7.20. The topological polar surface area (TPSA) is 66.9 Å². The number of carbonyl (C=O) groups excluding carboxylic acids is 1. The molecule has 0 spiro atoms. The van der Waals surface area contributed by atoms with Crippen LogP contribution in [0, 0.1) is 0 Å². The Hall–Kier alpha value is -1.24. The van der Waals surface area contributed by atoms with E-state index in [1.165, 1.54) is 0 Å². The lowest BCUT2D eigenvalue weighted by Gasteiger charge is -2.09. The summed E-state index contributed by atoms with van der Waals surface area (Å²) in [6.07, 6.45) is 0.391. The van der Waals surface area contributed by atoms with E-state index in [1.54, 1.807) is 12.1 Å². The molecule has 2 N–H and O–H groups in total. The Labute approximate surface area is 120 Å².